The summed E-state index contributed by atoms with van der Waals surface area (Å²) >= 11 is 6.21. The first-order valence-corrected chi connectivity index (χ1v) is 6.27. The fraction of sp³-hybridized carbons (Fsp3) is 0.500. The van der Waals surface area contributed by atoms with Gasteiger partial charge in [0.25, 0.3) is 0 Å². The summed E-state index contributed by atoms with van der Waals surface area (Å²) in [5.74, 6) is 1.49. The number of fused-ring (bicyclic) bond motifs is 1. The lowest BCUT2D eigenvalue weighted by Gasteiger charge is -2.25. The Bertz CT molecular complexity index is 419. The first-order chi connectivity index (χ1) is 8.33. The lowest BCUT2D eigenvalue weighted by Crippen LogP contribution is -2.38. The Balaban J connectivity index is 1.78. The Morgan fingerprint density at radius 1 is 1.29 bits per heavy atom. The van der Waals surface area contributed by atoms with Gasteiger partial charge in [-0.1, -0.05) is 11.6 Å². The average Bonchev–Trinajstić information content (AvgIpc) is 2.78. The van der Waals surface area contributed by atoms with E-state index in [9.17, 15) is 0 Å². The number of piperidine rings is 1. The van der Waals surface area contributed by atoms with Crippen LogP contribution in [0.1, 0.15) is 12.8 Å². The molecule has 0 saturated carbocycles. The molecule has 0 aromatic heterocycles. The summed E-state index contributed by atoms with van der Waals surface area (Å²) in [5, 5.41) is 7.49. The molecule has 0 radical (unpaired) electrons. The number of rotatable bonds is 2. The smallest absolute Gasteiger partial charge is 0.231 e. The second-order valence-electron chi connectivity index (χ2n) is 4.37. The van der Waals surface area contributed by atoms with Crippen molar-refractivity contribution in [1.29, 1.82) is 0 Å². The van der Waals surface area contributed by atoms with Crippen molar-refractivity contribution >= 4 is 17.3 Å². The molecule has 1 unspecified atom stereocenters. The van der Waals surface area contributed by atoms with Crippen LogP contribution in [0.5, 0.6) is 11.5 Å². The summed E-state index contributed by atoms with van der Waals surface area (Å²) in [6.45, 7) is 2.36. The molecule has 1 aromatic rings. The summed E-state index contributed by atoms with van der Waals surface area (Å²) < 4.78 is 10.6. The maximum atomic E-state index is 6.21. The van der Waals surface area contributed by atoms with Gasteiger partial charge in [0.05, 0.1) is 10.7 Å². The van der Waals surface area contributed by atoms with Gasteiger partial charge in [0, 0.05) is 24.7 Å². The topological polar surface area (TPSA) is 42.5 Å². The van der Waals surface area contributed by atoms with Crippen LogP contribution in [0.4, 0.5) is 5.69 Å². The molecule has 2 heterocycles. The lowest BCUT2D eigenvalue weighted by atomic mass is 10.1. The third-order valence-electron chi connectivity index (χ3n) is 3.12. The van der Waals surface area contributed by atoms with E-state index in [0.717, 1.165) is 36.7 Å². The van der Waals surface area contributed by atoms with Crippen LogP contribution in [0.2, 0.25) is 5.02 Å². The van der Waals surface area contributed by atoms with Crippen molar-refractivity contribution in [3.05, 3.63) is 17.2 Å². The molecular weight excluding hydrogens is 240 g/mol. The van der Waals surface area contributed by atoms with Gasteiger partial charge in [-0.25, -0.2) is 0 Å². The molecule has 0 spiro atoms. The third-order valence-corrected chi connectivity index (χ3v) is 3.43. The van der Waals surface area contributed by atoms with Crippen LogP contribution in [0.25, 0.3) is 0 Å². The second-order valence-corrected chi connectivity index (χ2v) is 4.78. The lowest BCUT2D eigenvalue weighted by molar-refractivity contribution is 0.174. The molecule has 1 saturated heterocycles. The van der Waals surface area contributed by atoms with Gasteiger partial charge in [0.2, 0.25) is 6.79 Å². The zero-order valence-electron chi connectivity index (χ0n) is 9.46. The Kier molecular flexibility index (Phi) is 2.99. The molecule has 1 aromatic carbocycles. The maximum absolute atomic E-state index is 6.21. The van der Waals surface area contributed by atoms with Crippen LogP contribution in [-0.4, -0.2) is 25.9 Å². The van der Waals surface area contributed by atoms with E-state index in [1.54, 1.807) is 0 Å². The van der Waals surface area contributed by atoms with E-state index in [4.69, 9.17) is 21.1 Å². The van der Waals surface area contributed by atoms with Crippen LogP contribution in [0.15, 0.2) is 12.1 Å². The molecule has 17 heavy (non-hydrogen) atoms. The minimum Gasteiger partial charge on any atom is -0.454 e. The summed E-state index contributed by atoms with van der Waals surface area (Å²) in [7, 11) is 0. The van der Waals surface area contributed by atoms with Gasteiger partial charge >= 0.3 is 0 Å². The summed E-state index contributed by atoms with van der Waals surface area (Å²) in [5.41, 5.74) is 0.921. The highest BCUT2D eigenvalue weighted by molar-refractivity contribution is 6.33. The Hall–Kier alpha value is -1.13. The van der Waals surface area contributed by atoms with E-state index >= 15 is 0 Å². The predicted molar refractivity (Wildman–Crippen MR) is 67.1 cm³/mol. The minimum absolute atomic E-state index is 0.278. The summed E-state index contributed by atoms with van der Waals surface area (Å²) in [6.07, 6.45) is 2.36. The van der Waals surface area contributed by atoms with Crippen LogP contribution in [-0.2, 0) is 0 Å². The molecule has 3 rings (SSSR count). The molecule has 4 nitrogen and oxygen atoms in total. The fourth-order valence-corrected chi connectivity index (χ4v) is 2.43. The van der Waals surface area contributed by atoms with Crippen molar-refractivity contribution in [2.45, 2.75) is 18.9 Å². The van der Waals surface area contributed by atoms with Gasteiger partial charge in [-0.05, 0) is 19.4 Å². The fourth-order valence-electron chi connectivity index (χ4n) is 2.22. The van der Waals surface area contributed by atoms with Crippen molar-refractivity contribution in [3.63, 3.8) is 0 Å². The van der Waals surface area contributed by atoms with E-state index in [0.29, 0.717) is 11.1 Å². The number of halogens is 1. The average molecular weight is 255 g/mol. The molecule has 5 heteroatoms. The first kappa shape index (κ1) is 11.0. The molecule has 2 N–H and O–H groups in total. The predicted octanol–water partition coefficient (Wildman–Crippen LogP) is 2.23. The summed E-state index contributed by atoms with van der Waals surface area (Å²) in [4.78, 5) is 0. The SMILES string of the molecule is Clc1cc2c(cc1NC1CCCNC1)OCO2. The van der Waals surface area contributed by atoms with Crippen LogP contribution in [0, 0.1) is 0 Å². The highest BCUT2D eigenvalue weighted by Crippen LogP contribution is 2.39. The number of ether oxygens (including phenoxy) is 2. The molecule has 2 aliphatic rings. The van der Waals surface area contributed by atoms with Crippen molar-refractivity contribution in [3.8, 4) is 11.5 Å². The molecule has 1 atom stereocenters. The van der Waals surface area contributed by atoms with Gasteiger partial charge in [0.15, 0.2) is 11.5 Å². The van der Waals surface area contributed by atoms with Crippen molar-refractivity contribution in [2.75, 3.05) is 25.2 Å². The third kappa shape index (κ3) is 2.28. The van der Waals surface area contributed by atoms with Gasteiger partial charge in [-0.15, -0.1) is 0 Å². The van der Waals surface area contributed by atoms with E-state index < -0.39 is 0 Å². The standard InChI is InChI=1S/C12H15ClN2O2/c13-9-4-11-12(17-7-16-11)5-10(9)15-8-2-1-3-14-6-8/h4-5,8,14-15H,1-3,6-7H2. The van der Waals surface area contributed by atoms with Crippen molar-refractivity contribution in [2.24, 2.45) is 0 Å². The molecule has 0 aliphatic carbocycles. The Morgan fingerprint density at radius 3 is 2.88 bits per heavy atom. The molecule has 2 aliphatic heterocycles. The van der Waals surface area contributed by atoms with E-state index in [-0.39, 0.29) is 6.79 Å². The zero-order chi connectivity index (χ0) is 11.7. The largest absolute Gasteiger partial charge is 0.454 e. The van der Waals surface area contributed by atoms with Gasteiger partial charge in [-0.3, -0.25) is 0 Å². The molecule has 1 fully saturated rings. The number of hydrogen-bond donors (Lipinski definition) is 2. The van der Waals surface area contributed by atoms with Crippen molar-refractivity contribution < 1.29 is 9.47 Å². The summed E-state index contributed by atoms with van der Waals surface area (Å²) in [6, 6.07) is 4.16. The van der Waals surface area contributed by atoms with Gasteiger partial charge < -0.3 is 20.1 Å². The highest BCUT2D eigenvalue weighted by Gasteiger charge is 2.19. The van der Waals surface area contributed by atoms with E-state index in [1.807, 2.05) is 12.1 Å². The number of benzene rings is 1. The highest BCUT2D eigenvalue weighted by atomic mass is 35.5. The normalized spacial score (nSPS) is 22.5. The Labute approximate surface area is 105 Å². The quantitative estimate of drug-likeness (QED) is 0.850. The van der Waals surface area contributed by atoms with Crippen LogP contribution < -0.4 is 20.1 Å². The van der Waals surface area contributed by atoms with E-state index in [1.165, 1.54) is 6.42 Å². The monoisotopic (exact) mass is 254 g/mol. The zero-order valence-corrected chi connectivity index (χ0v) is 10.2. The second kappa shape index (κ2) is 4.63. The van der Waals surface area contributed by atoms with Crippen molar-refractivity contribution in [1.82, 2.24) is 5.32 Å². The molecule has 0 bridgehead atoms. The molecular formula is C12H15ClN2O2. The first-order valence-electron chi connectivity index (χ1n) is 5.89. The molecule has 92 valence electrons. The Morgan fingerprint density at radius 2 is 2.12 bits per heavy atom. The van der Waals surface area contributed by atoms with Crippen LogP contribution in [0.3, 0.4) is 0 Å². The van der Waals surface area contributed by atoms with E-state index in [2.05, 4.69) is 10.6 Å². The number of nitrogens with one attached hydrogen (secondary N) is 2. The number of hydrogen-bond acceptors (Lipinski definition) is 4. The minimum atomic E-state index is 0.278. The molecule has 0 amide bonds. The van der Waals surface area contributed by atoms with Gasteiger partial charge in [0.1, 0.15) is 0 Å². The van der Waals surface area contributed by atoms with Gasteiger partial charge in [-0.2, -0.15) is 0 Å². The number of anilines is 1. The maximum Gasteiger partial charge on any atom is 0.231 e. The van der Waals surface area contributed by atoms with Crippen LogP contribution >= 0.6 is 11.6 Å².